The predicted molar refractivity (Wildman–Crippen MR) is 326 cm³/mol. The van der Waals surface area contributed by atoms with Gasteiger partial charge in [-0.05, 0) is 95.1 Å². The number of ether oxygens (including phenoxy) is 6. The number of aliphatic hydroxyl groups excluding tert-OH is 1. The van der Waals surface area contributed by atoms with Crippen molar-refractivity contribution in [2.75, 3.05) is 20.1 Å². The van der Waals surface area contributed by atoms with E-state index < -0.39 is 91.4 Å². The summed E-state index contributed by atoms with van der Waals surface area (Å²) in [6.07, 6.45) is -5.33. The number of esters is 1. The largest absolute Gasteiger partial charge is 0.489 e. The maximum absolute atomic E-state index is 15.0. The Morgan fingerprint density at radius 3 is 1.34 bits per heavy atom. The summed E-state index contributed by atoms with van der Waals surface area (Å²) >= 11 is 0. The molecule has 7 aromatic rings. The molecule has 0 aliphatic carbocycles. The molecule has 0 spiro atoms. The van der Waals surface area contributed by atoms with Crippen LogP contribution in [0.1, 0.15) is 66.1 Å². The normalized spacial score (nSPS) is 12.3. The third-order valence-corrected chi connectivity index (χ3v) is 13.4. The molecule has 6 N–H and O–H groups in total. The van der Waals surface area contributed by atoms with Gasteiger partial charge in [0, 0.05) is 32.9 Å². The summed E-state index contributed by atoms with van der Waals surface area (Å²) in [6, 6.07) is 51.2. The Kier molecular flexibility index (Phi) is 24.4. The molecule has 0 aromatic heterocycles. The molecule has 0 saturated heterocycles. The molecule has 20 nitrogen and oxygen atoms in total. The van der Waals surface area contributed by atoms with E-state index in [9.17, 15) is 43.8 Å². The molecule has 0 saturated carbocycles. The molecule has 7 rings (SSSR count). The van der Waals surface area contributed by atoms with Crippen molar-refractivity contribution in [3.63, 3.8) is 0 Å². The van der Waals surface area contributed by atoms with Gasteiger partial charge >= 0.3 is 30.2 Å². The van der Waals surface area contributed by atoms with E-state index in [0.717, 1.165) is 21.6 Å². The summed E-state index contributed by atoms with van der Waals surface area (Å²) in [4.78, 5) is 96.4. The Morgan fingerprint density at radius 2 is 0.898 bits per heavy atom. The zero-order valence-corrected chi connectivity index (χ0v) is 49.4. The lowest BCUT2D eigenvalue weighted by Gasteiger charge is -2.28. The minimum atomic E-state index is -1.58. The fraction of sp³-hybridized carbons (Fsp3) is 0.279. The number of aliphatic hydroxyl groups is 1. The second-order valence-electron chi connectivity index (χ2n) is 21.6. The van der Waals surface area contributed by atoms with Gasteiger partial charge in [0.05, 0.1) is 6.10 Å². The summed E-state index contributed by atoms with van der Waals surface area (Å²) in [5, 5.41) is 32.1. The van der Waals surface area contributed by atoms with Crippen LogP contribution in [0, 0.1) is 0 Å². The van der Waals surface area contributed by atoms with Crippen LogP contribution in [-0.2, 0) is 84.0 Å². The van der Waals surface area contributed by atoms with Gasteiger partial charge in [-0.2, -0.15) is 0 Å². The molecule has 0 aliphatic heterocycles. The zero-order valence-electron chi connectivity index (χ0n) is 49.4. The third-order valence-electron chi connectivity index (χ3n) is 13.4. The van der Waals surface area contributed by atoms with Crippen molar-refractivity contribution in [3.05, 3.63) is 227 Å². The fourth-order valence-corrected chi connectivity index (χ4v) is 8.94. The first kappa shape index (κ1) is 65.3. The van der Waals surface area contributed by atoms with Crippen LogP contribution in [0.3, 0.4) is 0 Å². The van der Waals surface area contributed by atoms with Crippen LogP contribution in [-0.4, -0.2) is 107 Å². The number of hydrogen-bond acceptors (Lipinski definition) is 14. The number of carbonyl (C=O) groups excluding carboxylic acids is 6. The van der Waals surface area contributed by atoms with Crippen molar-refractivity contribution >= 4 is 42.0 Å². The van der Waals surface area contributed by atoms with Gasteiger partial charge in [-0.1, -0.05) is 164 Å². The predicted octanol–water partition coefficient (Wildman–Crippen LogP) is 9.23. The van der Waals surface area contributed by atoms with Crippen LogP contribution < -0.4 is 30.7 Å². The summed E-state index contributed by atoms with van der Waals surface area (Å²) in [5.41, 5.74) is 4.63. The average Bonchev–Trinajstić information content (AvgIpc) is 1.73. The molecule has 0 fully saturated rings. The van der Waals surface area contributed by atoms with Crippen molar-refractivity contribution in [1.82, 2.24) is 26.2 Å². The molecular formula is C68H73N5O15. The smallest absolute Gasteiger partial charge is 0.408 e. The molecule has 7 aromatic carbocycles. The SMILES string of the molecule is CN(CC(=O)OCc1ccccc1)C(=O)[C@H](Cc1cc(-c2ccc(OCc3ccccc3)c(C[C@H](NC(=O)OCc3ccccc3)C(=O)O)c2)ccc1OCc1ccccc1)NC(=O)[C@H](C[C@@H](O)CNC(=O)OCc1ccccc1)NC(=O)OC(C)(C)C. The molecule has 0 radical (unpaired) electrons. The topological polar surface area (TPSA) is 267 Å². The highest BCUT2D eigenvalue weighted by Gasteiger charge is 2.33. The Labute approximate surface area is 511 Å². The number of carboxylic acids is 1. The molecule has 0 heterocycles. The van der Waals surface area contributed by atoms with E-state index in [-0.39, 0.29) is 45.9 Å². The van der Waals surface area contributed by atoms with Gasteiger partial charge in [0.1, 0.15) is 74.8 Å². The van der Waals surface area contributed by atoms with E-state index in [1.54, 1.807) is 130 Å². The lowest BCUT2D eigenvalue weighted by atomic mass is 9.95. The monoisotopic (exact) mass is 1200 g/mol. The lowest BCUT2D eigenvalue weighted by Crippen LogP contribution is -2.56. The number of benzene rings is 7. The number of amides is 5. The van der Waals surface area contributed by atoms with E-state index >= 15 is 0 Å². The van der Waals surface area contributed by atoms with Crippen molar-refractivity contribution in [2.45, 2.75) is 103 Å². The van der Waals surface area contributed by atoms with Crippen molar-refractivity contribution in [2.24, 2.45) is 0 Å². The average molecular weight is 1200 g/mol. The highest BCUT2D eigenvalue weighted by molar-refractivity contribution is 5.93. The molecule has 4 atom stereocenters. The summed E-state index contributed by atoms with van der Waals surface area (Å²) in [6.45, 7) is 3.89. The number of aliphatic carboxylic acids is 1. The third kappa shape index (κ3) is 22.0. The van der Waals surface area contributed by atoms with Crippen molar-refractivity contribution < 1.29 is 72.2 Å². The number of carboxylic acid groups (broad SMARTS) is 1. The molecule has 20 heteroatoms. The maximum Gasteiger partial charge on any atom is 0.408 e. The minimum Gasteiger partial charge on any atom is -0.489 e. The first-order valence-electron chi connectivity index (χ1n) is 28.5. The fourth-order valence-electron chi connectivity index (χ4n) is 8.94. The van der Waals surface area contributed by atoms with E-state index in [4.69, 9.17) is 28.4 Å². The highest BCUT2D eigenvalue weighted by atomic mass is 16.6. The summed E-state index contributed by atoms with van der Waals surface area (Å²) in [7, 11) is 1.36. The minimum absolute atomic E-state index is 0.0531. The van der Waals surface area contributed by atoms with E-state index in [0.29, 0.717) is 44.9 Å². The summed E-state index contributed by atoms with van der Waals surface area (Å²) < 4.78 is 34.5. The Bertz CT molecular complexity index is 3410. The highest BCUT2D eigenvalue weighted by Crippen LogP contribution is 2.33. The number of alkyl carbamates (subject to hydrolysis) is 3. The second-order valence-corrected chi connectivity index (χ2v) is 21.6. The number of rotatable bonds is 29. The van der Waals surface area contributed by atoms with E-state index in [1.807, 2.05) is 78.9 Å². The standard InChI is InChI=1S/C68H73N5O15/c1-68(2,3)88-67(82)71-56(38-55(74)39-69-65(80)86-44-49-26-16-8-17-27-49)62(76)70-57(63(77)73(4)40-61(75)85-43-48-24-14-7-15-25-48)36-53-34-51(30-32-59(53)83-41-46-20-10-5-11-21-46)52-31-33-60(84-42-47-22-12-6-13-23-47)54(35-52)37-58(64(78)79)72-66(81)87-45-50-28-18-9-19-29-50/h5-35,55-58,74H,36-45H2,1-4H3,(H,69,80)(H,70,76)(H,71,82)(H,72,81)(H,78,79)/t55-,56+,57+,58+/m1/s1. The molecule has 88 heavy (non-hydrogen) atoms. The molecule has 460 valence electrons. The van der Waals surface area contributed by atoms with Gasteiger partial charge in [-0.15, -0.1) is 0 Å². The number of likely N-dealkylation sites (N-methyl/N-ethyl adjacent to an activating group) is 1. The van der Waals surface area contributed by atoms with Crippen LogP contribution in [0.25, 0.3) is 11.1 Å². The quantitative estimate of drug-likeness (QED) is 0.0188. The van der Waals surface area contributed by atoms with Crippen LogP contribution >= 0.6 is 0 Å². The number of carbonyl (C=O) groups is 7. The van der Waals surface area contributed by atoms with E-state index in [1.165, 1.54) is 7.05 Å². The first-order chi connectivity index (χ1) is 42.3. The van der Waals surface area contributed by atoms with Gasteiger partial charge in [0.25, 0.3) is 0 Å². The maximum atomic E-state index is 15.0. The number of nitrogens with one attached hydrogen (secondary N) is 4. The van der Waals surface area contributed by atoms with Crippen LogP contribution in [0.5, 0.6) is 11.5 Å². The van der Waals surface area contributed by atoms with Gasteiger partial charge in [-0.3, -0.25) is 14.4 Å². The van der Waals surface area contributed by atoms with Crippen LogP contribution in [0.15, 0.2) is 188 Å². The number of nitrogens with zero attached hydrogens (tertiary/aromatic N) is 1. The number of hydrogen-bond donors (Lipinski definition) is 6. The molecule has 0 unspecified atom stereocenters. The van der Waals surface area contributed by atoms with Crippen LogP contribution in [0.2, 0.25) is 0 Å². The Hall–Kier alpha value is -10.2. The van der Waals surface area contributed by atoms with Gasteiger partial charge in [0.2, 0.25) is 11.8 Å². The first-order valence-corrected chi connectivity index (χ1v) is 28.5. The lowest BCUT2D eigenvalue weighted by molar-refractivity contribution is -0.150. The van der Waals surface area contributed by atoms with E-state index in [2.05, 4.69) is 21.3 Å². The van der Waals surface area contributed by atoms with Crippen molar-refractivity contribution in [3.8, 4) is 22.6 Å². The second kappa shape index (κ2) is 32.9. The summed E-state index contributed by atoms with van der Waals surface area (Å²) in [5.74, 6) is -3.17. The molecule has 0 aliphatic rings. The Morgan fingerprint density at radius 1 is 0.489 bits per heavy atom. The van der Waals surface area contributed by atoms with Gasteiger partial charge in [0.15, 0.2) is 0 Å². The van der Waals surface area contributed by atoms with Gasteiger partial charge < -0.3 is 64.8 Å². The Balaban J connectivity index is 1.22. The molecule has 0 bridgehead atoms. The molecular weight excluding hydrogens is 1130 g/mol. The zero-order chi connectivity index (χ0) is 62.8. The van der Waals surface area contributed by atoms with Crippen LogP contribution in [0.4, 0.5) is 14.4 Å². The van der Waals surface area contributed by atoms with Gasteiger partial charge in [-0.25, -0.2) is 19.2 Å². The molecule has 5 amide bonds. The van der Waals surface area contributed by atoms with Crippen molar-refractivity contribution in [1.29, 1.82) is 0 Å².